The molecule has 0 fully saturated rings. The van der Waals surface area contributed by atoms with Gasteiger partial charge in [-0.2, -0.15) is 4.98 Å². The van der Waals surface area contributed by atoms with E-state index in [2.05, 4.69) is 41.0 Å². The summed E-state index contributed by atoms with van der Waals surface area (Å²) < 4.78 is 0. The Labute approximate surface area is 126 Å². The lowest BCUT2D eigenvalue weighted by Gasteiger charge is -2.12. The predicted molar refractivity (Wildman–Crippen MR) is 89.5 cm³/mol. The molecule has 1 aromatic carbocycles. The van der Waals surface area contributed by atoms with E-state index in [1.54, 1.807) is 0 Å². The van der Waals surface area contributed by atoms with Gasteiger partial charge < -0.3 is 10.6 Å². The van der Waals surface area contributed by atoms with Gasteiger partial charge in [-0.05, 0) is 5.92 Å². The van der Waals surface area contributed by atoms with Crippen molar-refractivity contribution in [3.63, 3.8) is 0 Å². The Balaban J connectivity index is 2.30. The molecule has 4 nitrogen and oxygen atoms in total. The van der Waals surface area contributed by atoms with Gasteiger partial charge in [0.05, 0.1) is 5.69 Å². The van der Waals surface area contributed by atoms with E-state index in [4.69, 9.17) is 0 Å². The molecule has 0 aliphatic heterocycles. The maximum atomic E-state index is 4.60. The van der Waals surface area contributed by atoms with Gasteiger partial charge in [0.2, 0.25) is 5.95 Å². The number of rotatable bonds is 7. The average Bonchev–Trinajstić information content (AvgIpc) is 2.51. The maximum Gasteiger partial charge on any atom is 0.225 e. The Hall–Kier alpha value is -2.36. The third-order valence-electron chi connectivity index (χ3n) is 2.89. The first-order valence-electron chi connectivity index (χ1n) is 7.22. The second-order valence-electron chi connectivity index (χ2n) is 5.27. The van der Waals surface area contributed by atoms with Crippen LogP contribution in [0.2, 0.25) is 0 Å². The molecule has 21 heavy (non-hydrogen) atoms. The van der Waals surface area contributed by atoms with Crippen molar-refractivity contribution in [2.45, 2.75) is 13.8 Å². The number of hydrogen-bond donors (Lipinski definition) is 2. The summed E-state index contributed by atoms with van der Waals surface area (Å²) in [5.74, 6) is 1.99. The Bertz CT molecular complexity index is 579. The van der Waals surface area contributed by atoms with E-state index in [9.17, 15) is 0 Å². The molecule has 110 valence electrons. The highest BCUT2D eigenvalue weighted by Gasteiger charge is 2.06. The molecule has 0 aliphatic carbocycles. The van der Waals surface area contributed by atoms with Gasteiger partial charge in [0.25, 0.3) is 0 Å². The fraction of sp³-hybridized carbons (Fsp3) is 0.294. The van der Waals surface area contributed by atoms with Gasteiger partial charge in [0.1, 0.15) is 5.82 Å². The minimum Gasteiger partial charge on any atom is -0.366 e. The highest BCUT2D eigenvalue weighted by Crippen LogP contribution is 2.21. The minimum absolute atomic E-state index is 0.540. The van der Waals surface area contributed by atoms with Crippen LogP contribution in [0.5, 0.6) is 0 Å². The van der Waals surface area contributed by atoms with Crippen molar-refractivity contribution in [2.75, 3.05) is 23.7 Å². The van der Waals surface area contributed by atoms with E-state index in [1.165, 1.54) is 0 Å². The molecular formula is C17H22N4. The van der Waals surface area contributed by atoms with Crippen LogP contribution in [0.15, 0.2) is 49.1 Å². The third kappa shape index (κ3) is 4.60. The van der Waals surface area contributed by atoms with Crippen molar-refractivity contribution < 1.29 is 0 Å². The van der Waals surface area contributed by atoms with Gasteiger partial charge in [-0.25, -0.2) is 4.98 Å². The van der Waals surface area contributed by atoms with Crippen LogP contribution >= 0.6 is 0 Å². The van der Waals surface area contributed by atoms with E-state index < -0.39 is 0 Å². The van der Waals surface area contributed by atoms with E-state index in [0.29, 0.717) is 18.4 Å². The molecule has 0 unspecified atom stereocenters. The van der Waals surface area contributed by atoms with Gasteiger partial charge in [-0.1, -0.05) is 50.3 Å². The number of nitrogens with zero attached hydrogens (tertiary/aromatic N) is 2. The molecule has 4 heteroatoms. The van der Waals surface area contributed by atoms with Crippen LogP contribution < -0.4 is 10.6 Å². The normalized spacial score (nSPS) is 10.4. The number of aromatic nitrogens is 2. The highest BCUT2D eigenvalue weighted by atomic mass is 15.1. The SMILES string of the molecule is C=CCNc1cc(-c2ccccc2)nc(NCC(C)C)n1. The Kier molecular flexibility index (Phi) is 5.32. The molecule has 2 N–H and O–H groups in total. The Morgan fingerprint density at radius 1 is 1.14 bits per heavy atom. The summed E-state index contributed by atoms with van der Waals surface area (Å²) in [7, 11) is 0. The summed E-state index contributed by atoms with van der Waals surface area (Å²) in [6, 6.07) is 12.1. The lowest BCUT2D eigenvalue weighted by Crippen LogP contribution is -2.12. The smallest absolute Gasteiger partial charge is 0.225 e. The quantitative estimate of drug-likeness (QED) is 0.758. The zero-order valence-electron chi connectivity index (χ0n) is 12.6. The van der Waals surface area contributed by atoms with Crippen LogP contribution in [0.4, 0.5) is 11.8 Å². The Morgan fingerprint density at radius 2 is 1.90 bits per heavy atom. The van der Waals surface area contributed by atoms with Crippen LogP contribution in [0.3, 0.4) is 0 Å². The monoisotopic (exact) mass is 282 g/mol. The topological polar surface area (TPSA) is 49.8 Å². The van der Waals surface area contributed by atoms with Crippen molar-refractivity contribution in [1.29, 1.82) is 0 Å². The Morgan fingerprint density at radius 3 is 2.57 bits per heavy atom. The number of nitrogens with one attached hydrogen (secondary N) is 2. The van der Waals surface area contributed by atoms with Gasteiger partial charge in [0.15, 0.2) is 0 Å². The van der Waals surface area contributed by atoms with Crippen molar-refractivity contribution in [3.05, 3.63) is 49.1 Å². The van der Waals surface area contributed by atoms with Crippen LogP contribution in [-0.4, -0.2) is 23.1 Å². The summed E-state index contributed by atoms with van der Waals surface area (Å²) >= 11 is 0. The van der Waals surface area contributed by atoms with Gasteiger partial charge >= 0.3 is 0 Å². The van der Waals surface area contributed by atoms with Crippen LogP contribution in [0.25, 0.3) is 11.3 Å². The minimum atomic E-state index is 0.540. The number of anilines is 2. The van der Waals surface area contributed by atoms with E-state index in [1.807, 2.05) is 42.5 Å². The second kappa shape index (κ2) is 7.43. The molecule has 0 saturated carbocycles. The van der Waals surface area contributed by atoms with Crippen molar-refractivity contribution in [3.8, 4) is 11.3 Å². The molecular weight excluding hydrogens is 260 g/mol. The van der Waals surface area contributed by atoms with E-state index in [-0.39, 0.29) is 0 Å². The molecule has 2 rings (SSSR count). The van der Waals surface area contributed by atoms with Crippen molar-refractivity contribution in [2.24, 2.45) is 5.92 Å². The molecule has 0 spiro atoms. The second-order valence-corrected chi connectivity index (χ2v) is 5.27. The zero-order chi connectivity index (χ0) is 15.1. The summed E-state index contributed by atoms with van der Waals surface area (Å²) in [6.07, 6.45) is 1.81. The predicted octanol–water partition coefficient (Wildman–Crippen LogP) is 3.81. The van der Waals surface area contributed by atoms with E-state index >= 15 is 0 Å². The molecule has 0 aliphatic rings. The zero-order valence-corrected chi connectivity index (χ0v) is 12.6. The van der Waals surface area contributed by atoms with Gasteiger partial charge in [-0.15, -0.1) is 6.58 Å². The van der Waals surface area contributed by atoms with E-state index in [0.717, 1.165) is 23.6 Å². The first-order valence-corrected chi connectivity index (χ1v) is 7.22. The van der Waals surface area contributed by atoms with Crippen molar-refractivity contribution >= 4 is 11.8 Å². The summed E-state index contributed by atoms with van der Waals surface area (Å²) in [5, 5.41) is 6.51. The van der Waals surface area contributed by atoms with Gasteiger partial charge in [-0.3, -0.25) is 0 Å². The number of hydrogen-bond acceptors (Lipinski definition) is 4. The molecule has 1 aromatic heterocycles. The third-order valence-corrected chi connectivity index (χ3v) is 2.89. The highest BCUT2D eigenvalue weighted by molar-refractivity contribution is 5.64. The summed E-state index contributed by atoms with van der Waals surface area (Å²) in [5.41, 5.74) is 1.98. The maximum absolute atomic E-state index is 4.60. The first-order chi connectivity index (χ1) is 10.2. The van der Waals surface area contributed by atoms with Crippen LogP contribution in [0.1, 0.15) is 13.8 Å². The molecule has 0 atom stereocenters. The van der Waals surface area contributed by atoms with Crippen molar-refractivity contribution in [1.82, 2.24) is 9.97 Å². The fourth-order valence-electron chi connectivity index (χ4n) is 1.85. The molecule has 0 radical (unpaired) electrons. The number of benzene rings is 1. The van der Waals surface area contributed by atoms with Crippen LogP contribution in [-0.2, 0) is 0 Å². The molecule has 1 heterocycles. The lowest BCUT2D eigenvalue weighted by molar-refractivity contribution is 0.685. The molecule has 0 saturated heterocycles. The molecule has 0 amide bonds. The first kappa shape index (κ1) is 15.0. The largest absolute Gasteiger partial charge is 0.366 e. The average molecular weight is 282 g/mol. The standard InChI is InChI=1S/C17H22N4/c1-4-10-18-16-11-15(14-8-6-5-7-9-14)20-17(21-16)19-12-13(2)3/h4-9,11,13H,1,10,12H2,2-3H3,(H2,18,19,20,21). The fourth-order valence-corrected chi connectivity index (χ4v) is 1.85. The summed E-state index contributed by atoms with van der Waals surface area (Å²) in [6.45, 7) is 9.55. The summed E-state index contributed by atoms with van der Waals surface area (Å²) in [4.78, 5) is 9.08. The lowest BCUT2D eigenvalue weighted by atomic mass is 10.1. The molecule has 2 aromatic rings. The van der Waals surface area contributed by atoms with Gasteiger partial charge in [0, 0.05) is 24.7 Å². The molecule has 0 bridgehead atoms. The van der Waals surface area contributed by atoms with Crippen LogP contribution in [0, 0.1) is 5.92 Å².